The van der Waals surface area contributed by atoms with E-state index in [0.29, 0.717) is 29.3 Å². The first kappa shape index (κ1) is 17.3. The fraction of sp³-hybridized carbons (Fsp3) is 0.222. The van der Waals surface area contributed by atoms with Crippen LogP contribution in [0.15, 0.2) is 42.5 Å². The van der Waals surface area contributed by atoms with Crippen molar-refractivity contribution in [1.29, 1.82) is 0 Å². The maximum Gasteiger partial charge on any atom is 0.338 e. The molecule has 6 heteroatoms. The molecule has 0 bridgehead atoms. The van der Waals surface area contributed by atoms with Gasteiger partial charge in [-0.3, -0.25) is 0 Å². The Morgan fingerprint density at radius 3 is 2.38 bits per heavy atom. The number of benzene rings is 2. The summed E-state index contributed by atoms with van der Waals surface area (Å²) in [6.45, 7) is 3.99. The van der Waals surface area contributed by atoms with Gasteiger partial charge in [0.15, 0.2) is 0 Å². The number of nitrogens with one attached hydrogen (secondary N) is 2. The third-order valence-electron chi connectivity index (χ3n) is 3.26. The van der Waals surface area contributed by atoms with Crippen LogP contribution in [0.5, 0.6) is 5.75 Å². The first-order valence-electron chi connectivity index (χ1n) is 7.53. The van der Waals surface area contributed by atoms with Crippen LogP contribution in [0.25, 0.3) is 0 Å². The highest BCUT2D eigenvalue weighted by atomic mass is 16.5. The number of carbonyl (C=O) groups excluding carboxylic acids is 2. The second-order valence-corrected chi connectivity index (χ2v) is 5.08. The molecule has 2 N–H and O–H groups in total. The smallest absolute Gasteiger partial charge is 0.338 e. The Bertz CT molecular complexity index is 726. The minimum Gasteiger partial charge on any atom is -0.495 e. The van der Waals surface area contributed by atoms with E-state index in [4.69, 9.17) is 9.47 Å². The van der Waals surface area contributed by atoms with Crippen molar-refractivity contribution in [1.82, 2.24) is 0 Å². The Hall–Kier alpha value is -3.02. The summed E-state index contributed by atoms with van der Waals surface area (Å²) in [6.07, 6.45) is 0. The van der Waals surface area contributed by atoms with Crippen LogP contribution in [0.1, 0.15) is 22.8 Å². The maximum absolute atomic E-state index is 12.1. The van der Waals surface area contributed by atoms with E-state index in [1.54, 1.807) is 44.4 Å². The summed E-state index contributed by atoms with van der Waals surface area (Å²) in [5, 5.41) is 5.44. The van der Waals surface area contributed by atoms with Crippen molar-refractivity contribution in [3.63, 3.8) is 0 Å². The zero-order valence-corrected chi connectivity index (χ0v) is 13.9. The molecular formula is C18H20N2O4. The number of aryl methyl sites for hydroxylation is 1. The zero-order chi connectivity index (χ0) is 17.5. The Labute approximate surface area is 140 Å². The number of urea groups is 1. The van der Waals surface area contributed by atoms with Crippen molar-refractivity contribution in [2.45, 2.75) is 13.8 Å². The van der Waals surface area contributed by atoms with E-state index in [-0.39, 0.29) is 0 Å². The van der Waals surface area contributed by atoms with Gasteiger partial charge < -0.3 is 20.1 Å². The van der Waals surface area contributed by atoms with E-state index in [0.717, 1.165) is 5.56 Å². The largest absolute Gasteiger partial charge is 0.495 e. The summed E-state index contributed by atoms with van der Waals surface area (Å²) >= 11 is 0. The molecule has 0 radical (unpaired) electrons. The van der Waals surface area contributed by atoms with E-state index in [2.05, 4.69) is 10.6 Å². The molecule has 0 fully saturated rings. The molecule has 0 aliphatic heterocycles. The highest BCUT2D eigenvalue weighted by Gasteiger charge is 2.09. The SMILES string of the molecule is CCOC(=O)c1ccc(NC(=O)Nc2cc(C)ccc2OC)cc1. The van der Waals surface area contributed by atoms with Crippen molar-refractivity contribution in [2.75, 3.05) is 24.4 Å². The van der Waals surface area contributed by atoms with Crippen molar-refractivity contribution < 1.29 is 19.1 Å². The molecule has 0 aliphatic carbocycles. The molecule has 126 valence electrons. The summed E-state index contributed by atoms with van der Waals surface area (Å²) in [5.41, 5.74) is 2.58. The Morgan fingerprint density at radius 1 is 1.04 bits per heavy atom. The van der Waals surface area contributed by atoms with Crippen LogP contribution in [0.3, 0.4) is 0 Å². The second kappa shape index (κ2) is 8.01. The molecule has 6 nitrogen and oxygen atoms in total. The van der Waals surface area contributed by atoms with Crippen LogP contribution >= 0.6 is 0 Å². The summed E-state index contributed by atoms with van der Waals surface area (Å²) < 4.78 is 10.1. The fourth-order valence-corrected chi connectivity index (χ4v) is 2.11. The lowest BCUT2D eigenvalue weighted by atomic mass is 10.2. The molecule has 2 aromatic carbocycles. The zero-order valence-electron chi connectivity index (χ0n) is 13.9. The number of ether oxygens (including phenoxy) is 2. The lowest BCUT2D eigenvalue weighted by Crippen LogP contribution is -2.20. The van der Waals surface area contributed by atoms with Gasteiger partial charge in [0.05, 0.1) is 25.0 Å². The van der Waals surface area contributed by atoms with Gasteiger partial charge in [0.25, 0.3) is 0 Å². The van der Waals surface area contributed by atoms with Crippen LogP contribution in [-0.2, 0) is 4.74 Å². The third kappa shape index (κ3) is 4.49. The predicted octanol–water partition coefficient (Wildman–Crippen LogP) is 3.82. The standard InChI is InChI=1S/C18H20N2O4/c1-4-24-17(21)13-6-8-14(9-7-13)19-18(22)20-15-11-12(2)5-10-16(15)23-3/h5-11H,4H2,1-3H3,(H2,19,20,22). The van der Waals surface area contributed by atoms with Crippen LogP contribution in [0.2, 0.25) is 0 Å². The molecule has 0 saturated heterocycles. The Morgan fingerprint density at radius 2 is 1.75 bits per heavy atom. The molecule has 0 heterocycles. The molecule has 0 aromatic heterocycles. The van der Waals surface area contributed by atoms with Crippen LogP contribution in [-0.4, -0.2) is 25.7 Å². The van der Waals surface area contributed by atoms with Crippen molar-refractivity contribution >= 4 is 23.4 Å². The fourth-order valence-electron chi connectivity index (χ4n) is 2.11. The summed E-state index contributed by atoms with van der Waals surface area (Å²) in [5.74, 6) is 0.186. The molecule has 0 atom stereocenters. The number of hydrogen-bond donors (Lipinski definition) is 2. The predicted molar refractivity (Wildman–Crippen MR) is 92.8 cm³/mol. The van der Waals surface area contributed by atoms with E-state index in [1.807, 2.05) is 19.1 Å². The molecule has 2 aromatic rings. The van der Waals surface area contributed by atoms with E-state index >= 15 is 0 Å². The highest BCUT2D eigenvalue weighted by molar-refractivity contribution is 6.01. The van der Waals surface area contributed by atoms with E-state index in [1.165, 1.54) is 0 Å². The molecule has 0 unspecified atom stereocenters. The van der Waals surface area contributed by atoms with Gasteiger partial charge in [0.1, 0.15) is 5.75 Å². The highest BCUT2D eigenvalue weighted by Crippen LogP contribution is 2.25. The van der Waals surface area contributed by atoms with Gasteiger partial charge in [0.2, 0.25) is 0 Å². The van der Waals surface area contributed by atoms with E-state index < -0.39 is 12.0 Å². The molecule has 0 saturated carbocycles. The number of amides is 2. The number of carbonyl (C=O) groups is 2. The van der Waals surface area contributed by atoms with E-state index in [9.17, 15) is 9.59 Å². The van der Waals surface area contributed by atoms with Gasteiger partial charge >= 0.3 is 12.0 Å². The van der Waals surface area contributed by atoms with Crippen LogP contribution in [0, 0.1) is 6.92 Å². The topological polar surface area (TPSA) is 76.7 Å². The molecule has 2 amide bonds. The van der Waals surface area contributed by atoms with Crippen molar-refractivity contribution in [2.24, 2.45) is 0 Å². The monoisotopic (exact) mass is 328 g/mol. The maximum atomic E-state index is 12.1. The number of rotatable bonds is 5. The number of esters is 1. The molecule has 0 spiro atoms. The number of methoxy groups -OCH3 is 1. The van der Waals surface area contributed by atoms with Gasteiger partial charge in [-0.15, -0.1) is 0 Å². The Balaban J connectivity index is 2.02. The lowest BCUT2D eigenvalue weighted by Gasteiger charge is -2.12. The Kier molecular flexibility index (Phi) is 5.78. The van der Waals surface area contributed by atoms with Gasteiger partial charge in [-0.1, -0.05) is 6.07 Å². The quantitative estimate of drug-likeness (QED) is 0.818. The van der Waals surface area contributed by atoms with Crippen molar-refractivity contribution in [3.05, 3.63) is 53.6 Å². The molecular weight excluding hydrogens is 308 g/mol. The van der Waals surface area contributed by atoms with Crippen LogP contribution in [0.4, 0.5) is 16.2 Å². The van der Waals surface area contributed by atoms with Crippen LogP contribution < -0.4 is 15.4 Å². The van der Waals surface area contributed by atoms with Gasteiger partial charge in [-0.05, 0) is 55.8 Å². The summed E-state index contributed by atoms with van der Waals surface area (Å²) in [4.78, 5) is 23.7. The normalized spacial score (nSPS) is 9.96. The van der Waals surface area contributed by atoms with Gasteiger partial charge in [0, 0.05) is 5.69 Å². The van der Waals surface area contributed by atoms with Crippen molar-refractivity contribution in [3.8, 4) is 5.75 Å². The molecule has 2 rings (SSSR count). The van der Waals surface area contributed by atoms with Gasteiger partial charge in [-0.2, -0.15) is 0 Å². The number of anilines is 2. The first-order chi connectivity index (χ1) is 11.5. The summed E-state index contributed by atoms with van der Waals surface area (Å²) in [7, 11) is 1.54. The average Bonchev–Trinajstić information content (AvgIpc) is 2.56. The molecule has 0 aliphatic rings. The number of hydrogen-bond acceptors (Lipinski definition) is 4. The summed E-state index contributed by atoms with van der Waals surface area (Å²) in [6, 6.07) is 11.6. The first-order valence-corrected chi connectivity index (χ1v) is 7.53. The lowest BCUT2D eigenvalue weighted by molar-refractivity contribution is 0.0526. The second-order valence-electron chi connectivity index (χ2n) is 5.08. The third-order valence-corrected chi connectivity index (χ3v) is 3.26. The minimum atomic E-state index is -0.400. The average molecular weight is 328 g/mol. The van der Waals surface area contributed by atoms with Gasteiger partial charge in [-0.25, -0.2) is 9.59 Å². The minimum absolute atomic E-state index is 0.319. The molecule has 24 heavy (non-hydrogen) atoms.